The minimum Gasteiger partial charge on any atom is -0.367 e. The fourth-order valence-corrected chi connectivity index (χ4v) is 4.03. The molecular formula is C20H23N5OS. The van der Waals surface area contributed by atoms with Crippen LogP contribution >= 0.6 is 11.3 Å². The van der Waals surface area contributed by atoms with E-state index in [2.05, 4.69) is 38.3 Å². The SMILES string of the molecule is CCN1CCN(c2ccccc2NC(=O)c2cc(-c3cccs3)[nH]n2)CC1. The van der Waals surface area contributed by atoms with Crippen molar-refractivity contribution >= 4 is 28.6 Å². The van der Waals surface area contributed by atoms with Gasteiger partial charge in [0.25, 0.3) is 5.91 Å². The fourth-order valence-electron chi connectivity index (χ4n) is 3.34. The first kappa shape index (κ1) is 17.8. The number of thiophene rings is 1. The molecule has 0 atom stereocenters. The van der Waals surface area contributed by atoms with Crippen LogP contribution in [0.2, 0.25) is 0 Å². The molecule has 2 aromatic heterocycles. The molecule has 2 N–H and O–H groups in total. The Morgan fingerprint density at radius 2 is 2.00 bits per heavy atom. The molecule has 1 aliphatic heterocycles. The standard InChI is InChI=1S/C20H23N5OS/c1-2-24-9-11-25(12-10-24)18-7-4-3-6-15(18)21-20(26)17-14-16(22-23-17)19-8-5-13-27-19/h3-8,13-14H,2,9-12H2,1H3,(H,21,26)(H,22,23). The number of nitrogens with one attached hydrogen (secondary N) is 2. The maximum absolute atomic E-state index is 12.7. The Bertz CT molecular complexity index is 897. The van der Waals surface area contributed by atoms with E-state index in [1.165, 1.54) is 0 Å². The van der Waals surface area contributed by atoms with E-state index < -0.39 is 0 Å². The predicted molar refractivity (Wildman–Crippen MR) is 111 cm³/mol. The van der Waals surface area contributed by atoms with Crippen molar-refractivity contribution in [3.8, 4) is 10.6 Å². The normalized spacial score (nSPS) is 15.1. The summed E-state index contributed by atoms with van der Waals surface area (Å²) in [6.07, 6.45) is 0. The van der Waals surface area contributed by atoms with E-state index >= 15 is 0 Å². The van der Waals surface area contributed by atoms with Gasteiger partial charge in [0, 0.05) is 26.2 Å². The van der Waals surface area contributed by atoms with Crippen LogP contribution in [0.4, 0.5) is 11.4 Å². The predicted octanol–water partition coefficient (Wildman–Crippen LogP) is 3.53. The molecule has 3 aromatic rings. The number of hydrogen-bond donors (Lipinski definition) is 2. The maximum atomic E-state index is 12.7. The van der Waals surface area contributed by atoms with Gasteiger partial charge in [-0.2, -0.15) is 5.10 Å². The number of H-pyrrole nitrogens is 1. The first-order valence-corrected chi connectivity index (χ1v) is 10.1. The zero-order valence-electron chi connectivity index (χ0n) is 15.3. The molecule has 0 saturated carbocycles. The van der Waals surface area contributed by atoms with Gasteiger partial charge in [-0.1, -0.05) is 25.1 Å². The lowest BCUT2D eigenvalue weighted by molar-refractivity contribution is 0.102. The summed E-state index contributed by atoms with van der Waals surface area (Å²) in [7, 11) is 0. The highest BCUT2D eigenvalue weighted by Crippen LogP contribution is 2.28. The summed E-state index contributed by atoms with van der Waals surface area (Å²) < 4.78 is 0. The van der Waals surface area contributed by atoms with Crippen LogP contribution in [0.3, 0.4) is 0 Å². The number of aromatic amines is 1. The van der Waals surface area contributed by atoms with Gasteiger partial charge in [-0.15, -0.1) is 11.3 Å². The third-order valence-electron chi connectivity index (χ3n) is 4.91. The first-order valence-electron chi connectivity index (χ1n) is 9.21. The van der Waals surface area contributed by atoms with E-state index in [0.717, 1.165) is 54.7 Å². The highest BCUT2D eigenvalue weighted by Gasteiger charge is 2.20. The molecule has 4 rings (SSSR count). The van der Waals surface area contributed by atoms with Crippen LogP contribution < -0.4 is 10.2 Å². The molecular weight excluding hydrogens is 358 g/mol. The zero-order valence-corrected chi connectivity index (χ0v) is 16.1. The second-order valence-electron chi connectivity index (χ2n) is 6.54. The highest BCUT2D eigenvalue weighted by atomic mass is 32.1. The second-order valence-corrected chi connectivity index (χ2v) is 7.48. The van der Waals surface area contributed by atoms with Crippen LogP contribution in [0.1, 0.15) is 17.4 Å². The van der Waals surface area contributed by atoms with Crippen molar-refractivity contribution in [1.82, 2.24) is 15.1 Å². The quantitative estimate of drug-likeness (QED) is 0.710. The molecule has 0 radical (unpaired) electrons. The van der Waals surface area contributed by atoms with Crippen molar-refractivity contribution in [2.75, 3.05) is 42.9 Å². The Labute approximate surface area is 162 Å². The fraction of sp³-hybridized carbons (Fsp3) is 0.300. The Hall–Kier alpha value is -2.64. The number of hydrogen-bond acceptors (Lipinski definition) is 5. The van der Waals surface area contributed by atoms with Crippen LogP contribution in [0.5, 0.6) is 0 Å². The lowest BCUT2D eigenvalue weighted by Gasteiger charge is -2.36. The number of carbonyl (C=O) groups is 1. The summed E-state index contributed by atoms with van der Waals surface area (Å²) in [5.74, 6) is -0.200. The monoisotopic (exact) mass is 381 g/mol. The smallest absolute Gasteiger partial charge is 0.276 e. The average Bonchev–Trinajstić information content (AvgIpc) is 3.40. The lowest BCUT2D eigenvalue weighted by atomic mass is 10.2. The summed E-state index contributed by atoms with van der Waals surface area (Å²) >= 11 is 1.61. The van der Waals surface area contributed by atoms with Crippen molar-refractivity contribution < 1.29 is 4.79 Å². The number of amides is 1. The third-order valence-corrected chi connectivity index (χ3v) is 5.81. The van der Waals surface area contributed by atoms with Crippen LogP contribution in [-0.4, -0.2) is 53.7 Å². The van der Waals surface area contributed by atoms with Gasteiger partial charge in [-0.25, -0.2) is 0 Å². The van der Waals surface area contributed by atoms with E-state index in [1.54, 1.807) is 17.4 Å². The van der Waals surface area contributed by atoms with E-state index in [4.69, 9.17) is 0 Å². The van der Waals surface area contributed by atoms with E-state index in [1.807, 2.05) is 35.7 Å². The summed E-state index contributed by atoms with van der Waals surface area (Å²) in [4.78, 5) is 18.6. The van der Waals surface area contributed by atoms with Crippen LogP contribution in [0.15, 0.2) is 47.8 Å². The molecule has 0 bridgehead atoms. The zero-order chi connectivity index (χ0) is 18.6. The maximum Gasteiger partial charge on any atom is 0.276 e. The third kappa shape index (κ3) is 3.89. The van der Waals surface area contributed by atoms with Gasteiger partial charge < -0.3 is 15.1 Å². The minimum absolute atomic E-state index is 0.200. The number of likely N-dealkylation sites (N-methyl/N-ethyl adjacent to an activating group) is 1. The molecule has 6 nitrogen and oxygen atoms in total. The number of carbonyl (C=O) groups excluding carboxylic acids is 1. The molecule has 3 heterocycles. The molecule has 1 fully saturated rings. The molecule has 0 spiro atoms. The number of aromatic nitrogens is 2. The molecule has 1 saturated heterocycles. The van der Waals surface area contributed by atoms with Crippen molar-refractivity contribution in [1.29, 1.82) is 0 Å². The molecule has 1 amide bonds. The lowest BCUT2D eigenvalue weighted by Crippen LogP contribution is -2.46. The Morgan fingerprint density at radius 3 is 2.74 bits per heavy atom. The number of anilines is 2. The topological polar surface area (TPSA) is 64.3 Å². The highest BCUT2D eigenvalue weighted by molar-refractivity contribution is 7.13. The number of nitrogens with zero attached hydrogens (tertiary/aromatic N) is 3. The van der Waals surface area contributed by atoms with Crippen molar-refractivity contribution in [3.05, 3.63) is 53.5 Å². The Kier molecular flexibility index (Phi) is 5.22. The summed E-state index contributed by atoms with van der Waals surface area (Å²) in [6.45, 7) is 7.29. The molecule has 1 aromatic carbocycles. The molecule has 7 heteroatoms. The number of rotatable bonds is 5. The van der Waals surface area contributed by atoms with Gasteiger partial charge in [-0.3, -0.25) is 9.89 Å². The van der Waals surface area contributed by atoms with Crippen LogP contribution in [0.25, 0.3) is 10.6 Å². The first-order chi connectivity index (χ1) is 13.2. The molecule has 0 aliphatic carbocycles. The Balaban J connectivity index is 1.49. The Morgan fingerprint density at radius 1 is 1.19 bits per heavy atom. The van der Waals surface area contributed by atoms with E-state index in [9.17, 15) is 4.79 Å². The number of para-hydroxylation sites is 2. The number of benzene rings is 1. The average molecular weight is 382 g/mol. The van der Waals surface area contributed by atoms with E-state index in [-0.39, 0.29) is 5.91 Å². The van der Waals surface area contributed by atoms with Gasteiger partial charge in [0.15, 0.2) is 5.69 Å². The van der Waals surface area contributed by atoms with Gasteiger partial charge in [0.2, 0.25) is 0 Å². The summed E-state index contributed by atoms with van der Waals surface area (Å²) in [5.41, 5.74) is 3.15. The largest absolute Gasteiger partial charge is 0.367 e. The van der Waals surface area contributed by atoms with Crippen molar-refractivity contribution in [2.45, 2.75) is 6.92 Å². The molecule has 1 aliphatic rings. The summed E-state index contributed by atoms with van der Waals surface area (Å²) in [6, 6.07) is 13.8. The van der Waals surface area contributed by atoms with E-state index in [0.29, 0.717) is 5.69 Å². The van der Waals surface area contributed by atoms with Crippen LogP contribution in [-0.2, 0) is 0 Å². The number of piperazine rings is 1. The molecule has 140 valence electrons. The van der Waals surface area contributed by atoms with Gasteiger partial charge in [0.1, 0.15) is 0 Å². The van der Waals surface area contributed by atoms with Crippen molar-refractivity contribution in [3.63, 3.8) is 0 Å². The molecule has 0 unspecified atom stereocenters. The minimum atomic E-state index is -0.200. The van der Waals surface area contributed by atoms with Crippen LogP contribution in [0, 0.1) is 0 Å². The summed E-state index contributed by atoms with van der Waals surface area (Å²) in [5, 5.41) is 12.2. The van der Waals surface area contributed by atoms with Gasteiger partial charge in [0.05, 0.1) is 21.9 Å². The second kappa shape index (κ2) is 7.94. The van der Waals surface area contributed by atoms with Gasteiger partial charge >= 0.3 is 0 Å². The van der Waals surface area contributed by atoms with Crippen molar-refractivity contribution in [2.24, 2.45) is 0 Å². The van der Waals surface area contributed by atoms with Gasteiger partial charge in [-0.05, 0) is 36.2 Å². The molecule has 27 heavy (non-hydrogen) atoms.